The van der Waals surface area contributed by atoms with Crippen LogP contribution in [0.4, 0.5) is 0 Å². The summed E-state index contributed by atoms with van der Waals surface area (Å²) in [7, 11) is 3.38. The van der Waals surface area contributed by atoms with Gasteiger partial charge in [0.25, 0.3) is 0 Å². The van der Waals surface area contributed by atoms with Crippen molar-refractivity contribution < 1.29 is 0 Å². The van der Waals surface area contributed by atoms with Gasteiger partial charge in [0, 0.05) is 5.88 Å². The minimum atomic E-state index is 0.590. The van der Waals surface area contributed by atoms with Gasteiger partial charge >= 0.3 is 0 Å². The van der Waals surface area contributed by atoms with E-state index >= 15 is 0 Å². The van der Waals surface area contributed by atoms with Crippen molar-refractivity contribution in [2.45, 2.75) is 5.88 Å². The van der Waals surface area contributed by atoms with E-state index in [0.29, 0.717) is 5.88 Å². The van der Waals surface area contributed by atoms with Gasteiger partial charge in [0.05, 0.1) is 10.2 Å². The van der Waals surface area contributed by atoms with E-state index in [0.717, 1.165) is 10.8 Å². The smallest absolute Gasteiger partial charge is 0.0711 e. The fourth-order valence-electron chi connectivity index (χ4n) is 0.594. The number of hydrogen-bond donors (Lipinski definition) is 0. The number of halogens is 1. The minimum Gasteiger partial charge on any atom is -0.122 e. The predicted molar refractivity (Wildman–Crippen MR) is 41.4 cm³/mol. The van der Waals surface area contributed by atoms with E-state index in [9.17, 15) is 0 Å². The van der Waals surface area contributed by atoms with E-state index in [1.807, 2.05) is 24.3 Å². The van der Waals surface area contributed by atoms with Crippen LogP contribution < -0.4 is 5.19 Å². The van der Waals surface area contributed by atoms with Crippen LogP contribution in [0.3, 0.4) is 0 Å². The lowest BCUT2D eigenvalue weighted by Gasteiger charge is -1.93. The van der Waals surface area contributed by atoms with Crippen molar-refractivity contribution in [3.8, 4) is 0 Å². The van der Waals surface area contributed by atoms with E-state index in [2.05, 4.69) is 10.2 Å². The summed E-state index contributed by atoms with van der Waals surface area (Å²) < 4.78 is 0. The Bertz CT molecular complexity index is 181. The Labute approximate surface area is 63.3 Å². The summed E-state index contributed by atoms with van der Waals surface area (Å²) in [4.78, 5) is 0. The second kappa shape index (κ2) is 3.04. The lowest BCUT2D eigenvalue weighted by Crippen LogP contribution is -1.99. The Morgan fingerprint density at radius 3 is 2.22 bits per heavy atom. The van der Waals surface area contributed by atoms with E-state index in [-0.39, 0.29) is 0 Å². The van der Waals surface area contributed by atoms with Crippen molar-refractivity contribution >= 4 is 27.0 Å². The van der Waals surface area contributed by atoms with Crippen molar-refractivity contribution in [2.75, 3.05) is 0 Å². The van der Waals surface area contributed by atoms with Gasteiger partial charge in [-0.05, 0) is 5.56 Å². The second-order valence-corrected chi connectivity index (χ2v) is 2.68. The van der Waals surface area contributed by atoms with Crippen LogP contribution in [-0.4, -0.2) is 10.2 Å². The Morgan fingerprint density at radius 2 is 1.78 bits per heavy atom. The van der Waals surface area contributed by atoms with Gasteiger partial charge in [-0.25, -0.2) is 0 Å². The number of rotatable bonds is 1. The summed E-state index contributed by atoms with van der Waals surface area (Å²) in [6, 6.07) is 7.95. The first-order valence-electron chi connectivity index (χ1n) is 2.69. The topological polar surface area (TPSA) is 0 Å². The average Bonchev–Trinajstić information content (AvgIpc) is 1.90. The van der Waals surface area contributed by atoms with Crippen LogP contribution in [0.25, 0.3) is 0 Å². The first-order valence-corrected chi connectivity index (χ1v) is 3.73. The molecule has 0 heterocycles. The van der Waals surface area contributed by atoms with Crippen LogP contribution in [0, 0.1) is 0 Å². The standard InChI is InChI=1S/C7H6ClSi/c8-5-6-1-3-7(9)4-2-6/h1-4H,5H2. The third-order valence-electron chi connectivity index (χ3n) is 1.11. The summed E-state index contributed by atoms with van der Waals surface area (Å²) in [5.41, 5.74) is 1.15. The highest BCUT2D eigenvalue weighted by molar-refractivity contribution is 6.32. The lowest BCUT2D eigenvalue weighted by atomic mass is 10.2. The maximum absolute atomic E-state index is 5.56. The molecule has 0 saturated carbocycles. The number of hydrogen-bond acceptors (Lipinski definition) is 0. The summed E-state index contributed by atoms with van der Waals surface area (Å²) in [5.74, 6) is 0.590. The van der Waals surface area contributed by atoms with Gasteiger partial charge in [0.1, 0.15) is 0 Å². The zero-order valence-corrected chi connectivity index (χ0v) is 6.65. The SMILES string of the molecule is [Si]c1ccc(CCl)cc1. The van der Waals surface area contributed by atoms with Gasteiger partial charge in [-0.3, -0.25) is 0 Å². The molecule has 0 amide bonds. The molecular formula is C7H6ClSi. The summed E-state index contributed by atoms with van der Waals surface area (Å²) in [6.07, 6.45) is 0. The highest BCUT2D eigenvalue weighted by Gasteiger charge is 1.86. The maximum atomic E-state index is 5.56. The van der Waals surface area contributed by atoms with Crippen molar-refractivity contribution in [3.63, 3.8) is 0 Å². The van der Waals surface area contributed by atoms with Crippen LogP contribution in [0.1, 0.15) is 5.56 Å². The van der Waals surface area contributed by atoms with Gasteiger partial charge < -0.3 is 0 Å². The molecular weight excluding hydrogens is 148 g/mol. The molecule has 0 nitrogen and oxygen atoms in total. The largest absolute Gasteiger partial charge is 0.122 e. The highest BCUT2D eigenvalue weighted by atomic mass is 35.5. The molecule has 0 bridgehead atoms. The van der Waals surface area contributed by atoms with Gasteiger partial charge in [-0.1, -0.05) is 29.5 Å². The predicted octanol–water partition coefficient (Wildman–Crippen LogP) is 1.22. The van der Waals surface area contributed by atoms with Gasteiger partial charge in [0.15, 0.2) is 0 Å². The third-order valence-corrected chi connectivity index (χ3v) is 1.75. The molecule has 1 aromatic rings. The molecule has 1 rings (SSSR count). The van der Waals surface area contributed by atoms with Crippen molar-refractivity contribution in [3.05, 3.63) is 29.8 Å². The van der Waals surface area contributed by atoms with Crippen LogP contribution in [0.5, 0.6) is 0 Å². The molecule has 0 aliphatic rings. The van der Waals surface area contributed by atoms with Crippen LogP contribution in [-0.2, 0) is 5.88 Å². The van der Waals surface area contributed by atoms with Crippen molar-refractivity contribution in [1.82, 2.24) is 0 Å². The molecule has 9 heavy (non-hydrogen) atoms. The molecule has 0 spiro atoms. The van der Waals surface area contributed by atoms with E-state index in [4.69, 9.17) is 11.6 Å². The summed E-state index contributed by atoms with van der Waals surface area (Å²) in [5, 5.41) is 1.09. The van der Waals surface area contributed by atoms with E-state index < -0.39 is 0 Å². The highest BCUT2D eigenvalue weighted by Crippen LogP contribution is 1.99. The van der Waals surface area contributed by atoms with Gasteiger partial charge in [-0.2, -0.15) is 0 Å². The van der Waals surface area contributed by atoms with E-state index in [1.54, 1.807) is 0 Å². The molecule has 0 N–H and O–H groups in total. The quantitative estimate of drug-likeness (QED) is 0.421. The minimum absolute atomic E-state index is 0.590. The monoisotopic (exact) mass is 153 g/mol. The molecule has 3 radical (unpaired) electrons. The lowest BCUT2D eigenvalue weighted by molar-refractivity contribution is 1.41. The summed E-state index contributed by atoms with van der Waals surface area (Å²) in [6.45, 7) is 0. The maximum Gasteiger partial charge on any atom is 0.0711 e. The van der Waals surface area contributed by atoms with Crippen LogP contribution in [0.2, 0.25) is 0 Å². The van der Waals surface area contributed by atoms with Crippen LogP contribution in [0.15, 0.2) is 24.3 Å². The molecule has 0 saturated heterocycles. The molecule has 0 unspecified atom stereocenters. The van der Waals surface area contributed by atoms with Crippen molar-refractivity contribution in [1.29, 1.82) is 0 Å². The Hall–Kier alpha value is -0.273. The molecule has 0 atom stereocenters. The zero-order chi connectivity index (χ0) is 6.69. The average molecular weight is 154 g/mol. The molecule has 0 aromatic heterocycles. The fourth-order valence-corrected chi connectivity index (χ4v) is 0.939. The van der Waals surface area contributed by atoms with Gasteiger partial charge in [0.2, 0.25) is 0 Å². The number of benzene rings is 1. The summed E-state index contributed by atoms with van der Waals surface area (Å²) >= 11 is 5.56. The first kappa shape index (κ1) is 6.84. The number of alkyl halides is 1. The first-order chi connectivity index (χ1) is 4.33. The van der Waals surface area contributed by atoms with E-state index in [1.165, 1.54) is 0 Å². The molecule has 0 fully saturated rings. The Morgan fingerprint density at radius 1 is 1.22 bits per heavy atom. The van der Waals surface area contributed by atoms with Crippen molar-refractivity contribution in [2.24, 2.45) is 0 Å². The molecule has 0 aliphatic carbocycles. The fraction of sp³-hybridized carbons (Fsp3) is 0.143. The third kappa shape index (κ3) is 1.84. The zero-order valence-electron chi connectivity index (χ0n) is 4.89. The molecule has 45 valence electrons. The Kier molecular flexibility index (Phi) is 2.31. The molecule has 0 aliphatic heterocycles. The van der Waals surface area contributed by atoms with Crippen LogP contribution >= 0.6 is 11.6 Å². The Balaban J connectivity index is 2.88. The normalized spacial score (nSPS) is 9.56. The molecule has 1 aromatic carbocycles. The van der Waals surface area contributed by atoms with Gasteiger partial charge in [-0.15, -0.1) is 11.6 Å². The second-order valence-electron chi connectivity index (χ2n) is 1.83. The molecule has 2 heteroatoms.